The van der Waals surface area contributed by atoms with Crippen molar-refractivity contribution in [1.29, 1.82) is 0 Å². The maximum absolute atomic E-state index is 11.6. The maximum atomic E-state index is 11.6. The average molecular weight is 273 g/mol. The van der Waals surface area contributed by atoms with Crippen molar-refractivity contribution in [2.24, 2.45) is 0 Å². The summed E-state index contributed by atoms with van der Waals surface area (Å²) in [6.45, 7) is 1.44. The van der Waals surface area contributed by atoms with Crippen LogP contribution in [0.25, 0.3) is 0 Å². The second-order valence-electron chi connectivity index (χ2n) is 3.41. The number of hydrogen-bond acceptors (Lipinski definition) is 5. The van der Waals surface area contributed by atoms with Crippen LogP contribution in [0.3, 0.4) is 0 Å². The van der Waals surface area contributed by atoms with Crippen LogP contribution >= 0.6 is 23.1 Å². The summed E-state index contributed by atoms with van der Waals surface area (Å²) < 4.78 is 5.83. The van der Waals surface area contributed by atoms with Gasteiger partial charge in [0.25, 0.3) is 0 Å². The summed E-state index contributed by atoms with van der Waals surface area (Å²) in [7, 11) is 2.94. The first-order valence-corrected chi connectivity index (χ1v) is 6.90. The molecule has 1 heterocycles. The van der Waals surface area contributed by atoms with Crippen LogP contribution in [0.15, 0.2) is 21.7 Å². The highest BCUT2D eigenvalue weighted by Crippen LogP contribution is 2.25. The summed E-state index contributed by atoms with van der Waals surface area (Å²) in [6, 6.07) is 3.40. The summed E-state index contributed by atoms with van der Waals surface area (Å²) >= 11 is 3.16. The van der Waals surface area contributed by atoms with Crippen molar-refractivity contribution in [1.82, 2.24) is 4.90 Å². The summed E-state index contributed by atoms with van der Waals surface area (Å²) in [5.74, 6) is -0.0255. The third-order valence-electron chi connectivity index (χ3n) is 2.32. The van der Waals surface area contributed by atoms with Crippen LogP contribution < -0.4 is 0 Å². The number of thioether (sulfide) groups is 1. The number of rotatable bonds is 5. The highest BCUT2D eigenvalue weighted by Gasteiger charge is 2.26. The van der Waals surface area contributed by atoms with Gasteiger partial charge in [-0.1, -0.05) is 6.07 Å². The lowest BCUT2D eigenvalue weighted by molar-refractivity contribution is -0.150. The van der Waals surface area contributed by atoms with Gasteiger partial charge in [0, 0.05) is 19.7 Å². The number of esters is 1. The van der Waals surface area contributed by atoms with E-state index in [1.807, 2.05) is 17.5 Å². The lowest BCUT2D eigenvalue weighted by Crippen LogP contribution is -2.43. The molecule has 1 unspecified atom stereocenters. The second kappa shape index (κ2) is 6.66. The molecular formula is C11H15NO3S2. The van der Waals surface area contributed by atoms with E-state index in [-0.39, 0.29) is 11.9 Å². The Morgan fingerprint density at radius 3 is 2.76 bits per heavy atom. The summed E-state index contributed by atoms with van der Waals surface area (Å²) in [5.41, 5.74) is 0. The number of hydrogen-bond donors (Lipinski definition) is 0. The Balaban J connectivity index is 2.64. The van der Waals surface area contributed by atoms with Crippen molar-refractivity contribution in [3.05, 3.63) is 17.5 Å². The Morgan fingerprint density at radius 1 is 1.59 bits per heavy atom. The minimum atomic E-state index is -0.537. The molecule has 4 nitrogen and oxygen atoms in total. The predicted molar refractivity (Wildman–Crippen MR) is 69.3 cm³/mol. The fourth-order valence-electron chi connectivity index (χ4n) is 1.20. The van der Waals surface area contributed by atoms with E-state index in [0.717, 1.165) is 4.21 Å². The molecule has 0 fully saturated rings. The molecule has 0 bridgehead atoms. The number of ether oxygens (including phenoxy) is 1. The van der Waals surface area contributed by atoms with Crippen molar-refractivity contribution < 1.29 is 14.3 Å². The van der Waals surface area contributed by atoms with Crippen LogP contribution in [-0.4, -0.2) is 42.7 Å². The zero-order chi connectivity index (χ0) is 12.8. The normalized spacial score (nSPS) is 11.9. The van der Waals surface area contributed by atoms with Crippen molar-refractivity contribution in [3.63, 3.8) is 0 Å². The van der Waals surface area contributed by atoms with Gasteiger partial charge in [-0.05, 0) is 11.4 Å². The van der Waals surface area contributed by atoms with Gasteiger partial charge in [-0.3, -0.25) is 4.79 Å². The van der Waals surface area contributed by atoms with Gasteiger partial charge in [0.15, 0.2) is 0 Å². The Bertz CT molecular complexity index is 378. The molecule has 6 heteroatoms. The van der Waals surface area contributed by atoms with Crippen LogP contribution in [0.2, 0.25) is 0 Å². The first kappa shape index (κ1) is 14.1. The molecule has 0 aromatic carbocycles. The standard InChI is InChI=1S/C11H15NO3S2/c1-8(13)12(2)9(11(14)15-3)7-17-10-5-4-6-16-10/h4-6,9H,7H2,1-3H3. The second-order valence-corrected chi connectivity index (χ2v) is 5.68. The number of methoxy groups -OCH3 is 1. The Kier molecular flexibility index (Phi) is 5.50. The summed E-state index contributed by atoms with van der Waals surface area (Å²) in [4.78, 5) is 24.3. The third-order valence-corrected chi connectivity index (χ3v) is 4.52. The van der Waals surface area contributed by atoms with E-state index < -0.39 is 6.04 Å². The van der Waals surface area contributed by atoms with E-state index in [4.69, 9.17) is 4.74 Å². The number of carbonyl (C=O) groups excluding carboxylic acids is 2. The quantitative estimate of drug-likeness (QED) is 0.607. The molecule has 17 heavy (non-hydrogen) atoms. The van der Waals surface area contributed by atoms with E-state index in [1.54, 1.807) is 30.1 Å². The smallest absolute Gasteiger partial charge is 0.329 e. The number of likely N-dealkylation sites (N-methyl/N-ethyl adjacent to an activating group) is 1. The van der Waals surface area contributed by atoms with Crippen molar-refractivity contribution >= 4 is 35.0 Å². The van der Waals surface area contributed by atoms with E-state index in [1.165, 1.54) is 18.9 Å². The largest absolute Gasteiger partial charge is 0.467 e. The molecule has 1 amide bonds. The lowest BCUT2D eigenvalue weighted by Gasteiger charge is -2.24. The van der Waals surface area contributed by atoms with Gasteiger partial charge < -0.3 is 9.64 Å². The van der Waals surface area contributed by atoms with E-state index >= 15 is 0 Å². The first-order chi connectivity index (χ1) is 8.06. The molecule has 1 rings (SSSR count). The van der Waals surface area contributed by atoms with Crippen LogP contribution in [0.1, 0.15) is 6.92 Å². The maximum Gasteiger partial charge on any atom is 0.329 e. The fraction of sp³-hybridized carbons (Fsp3) is 0.455. The van der Waals surface area contributed by atoms with Gasteiger partial charge in [0.05, 0.1) is 11.3 Å². The lowest BCUT2D eigenvalue weighted by atomic mass is 10.3. The van der Waals surface area contributed by atoms with Crippen molar-refractivity contribution in [2.45, 2.75) is 17.2 Å². The van der Waals surface area contributed by atoms with Crippen molar-refractivity contribution in [2.75, 3.05) is 19.9 Å². The van der Waals surface area contributed by atoms with Crippen LogP contribution in [-0.2, 0) is 14.3 Å². The van der Waals surface area contributed by atoms with E-state index in [2.05, 4.69) is 0 Å². The molecule has 0 aliphatic heterocycles. The molecule has 0 N–H and O–H groups in total. The number of thiophene rings is 1. The summed E-state index contributed by atoms with van der Waals surface area (Å²) in [6.07, 6.45) is 0. The zero-order valence-electron chi connectivity index (χ0n) is 10.0. The fourth-order valence-corrected chi connectivity index (χ4v) is 3.15. The Morgan fingerprint density at radius 2 is 2.29 bits per heavy atom. The number of amides is 1. The number of carbonyl (C=O) groups is 2. The molecule has 0 aliphatic rings. The van der Waals surface area contributed by atoms with Crippen molar-refractivity contribution in [3.8, 4) is 0 Å². The predicted octanol–water partition coefficient (Wildman–Crippen LogP) is 1.86. The molecule has 94 valence electrons. The van der Waals surface area contributed by atoms with Gasteiger partial charge in [0.1, 0.15) is 6.04 Å². The molecule has 0 aliphatic carbocycles. The van der Waals surface area contributed by atoms with Crippen LogP contribution in [0.4, 0.5) is 0 Å². The molecule has 0 saturated carbocycles. The van der Waals surface area contributed by atoms with Gasteiger partial charge in [0.2, 0.25) is 5.91 Å². The minimum Gasteiger partial charge on any atom is -0.467 e. The van der Waals surface area contributed by atoms with Crippen LogP contribution in [0.5, 0.6) is 0 Å². The van der Waals surface area contributed by atoms with Gasteiger partial charge in [-0.2, -0.15) is 0 Å². The summed E-state index contributed by atoms with van der Waals surface area (Å²) in [5, 5.41) is 1.98. The van der Waals surface area contributed by atoms with Gasteiger partial charge in [-0.25, -0.2) is 4.79 Å². The molecular weight excluding hydrogens is 258 g/mol. The zero-order valence-corrected chi connectivity index (χ0v) is 11.6. The molecule has 0 radical (unpaired) electrons. The number of nitrogens with zero attached hydrogens (tertiary/aromatic N) is 1. The average Bonchev–Trinajstić information content (AvgIpc) is 2.81. The topological polar surface area (TPSA) is 46.6 Å². The molecule has 1 aromatic heterocycles. The highest BCUT2D eigenvalue weighted by atomic mass is 32.2. The van der Waals surface area contributed by atoms with Gasteiger partial charge >= 0.3 is 5.97 Å². The monoisotopic (exact) mass is 273 g/mol. The van der Waals surface area contributed by atoms with E-state index in [0.29, 0.717) is 5.75 Å². The Hall–Kier alpha value is -1.01. The SMILES string of the molecule is COC(=O)C(CSc1cccs1)N(C)C(C)=O. The molecule has 0 spiro atoms. The molecule has 0 saturated heterocycles. The van der Waals surface area contributed by atoms with E-state index in [9.17, 15) is 9.59 Å². The first-order valence-electron chi connectivity index (χ1n) is 5.03. The minimum absolute atomic E-state index is 0.146. The molecule has 1 atom stereocenters. The third kappa shape index (κ3) is 4.05. The van der Waals surface area contributed by atoms with Crippen LogP contribution in [0, 0.1) is 0 Å². The molecule has 1 aromatic rings. The highest BCUT2D eigenvalue weighted by molar-refractivity contribution is 8.01. The Labute approximate surface area is 109 Å². The van der Waals surface area contributed by atoms with Gasteiger partial charge in [-0.15, -0.1) is 23.1 Å².